The van der Waals surface area contributed by atoms with Gasteiger partial charge >= 0.3 is 12.1 Å². The molecule has 1 atom stereocenters. The summed E-state index contributed by atoms with van der Waals surface area (Å²) in [5.74, 6) is -2.89. The van der Waals surface area contributed by atoms with Crippen molar-refractivity contribution < 1.29 is 33.0 Å². The molecule has 0 bridgehead atoms. The molecule has 6 nitrogen and oxygen atoms in total. The zero-order chi connectivity index (χ0) is 30.4. The summed E-state index contributed by atoms with van der Waals surface area (Å²) in [6, 6.07) is 29.1. The van der Waals surface area contributed by atoms with E-state index in [4.69, 9.17) is 9.90 Å². The van der Waals surface area contributed by atoms with Crippen LogP contribution in [-0.2, 0) is 17.6 Å². The highest BCUT2D eigenvalue weighted by atomic mass is 19.4. The molecule has 1 saturated carbocycles. The molecular weight excluding hydrogens is 545 g/mol. The van der Waals surface area contributed by atoms with Gasteiger partial charge in [-0.15, -0.1) is 0 Å². The summed E-state index contributed by atoms with van der Waals surface area (Å²) in [6.07, 6.45) is 2.39. The molecule has 0 radical (unpaired) electrons. The summed E-state index contributed by atoms with van der Waals surface area (Å²) < 4.78 is 31.7. The molecule has 3 aromatic rings. The lowest BCUT2D eigenvalue weighted by molar-refractivity contribution is -0.192. The van der Waals surface area contributed by atoms with Crippen molar-refractivity contribution in [1.29, 1.82) is 0 Å². The van der Waals surface area contributed by atoms with Crippen molar-refractivity contribution in [3.05, 3.63) is 107 Å². The molecule has 0 spiro atoms. The molecule has 1 amide bonds. The monoisotopic (exact) mass is 584 g/mol. The molecule has 3 N–H and O–H groups in total. The van der Waals surface area contributed by atoms with Crippen molar-refractivity contribution in [3.63, 3.8) is 0 Å². The fourth-order valence-corrected chi connectivity index (χ4v) is 5.04. The van der Waals surface area contributed by atoms with Crippen LogP contribution in [0.1, 0.15) is 59.2 Å². The minimum Gasteiger partial charge on any atom is -0.475 e. The fourth-order valence-electron chi connectivity index (χ4n) is 5.04. The SMILES string of the molecule is O=C(NCC(O)CN(CCc1ccccc1)C1CCCCC1)c1ccc(Cc2ccccc2)cc1.O=C(O)C(F)(F)F. The smallest absolute Gasteiger partial charge is 0.475 e. The number of hydrogen-bond donors (Lipinski definition) is 3. The number of carbonyl (C=O) groups is 2. The van der Waals surface area contributed by atoms with Crippen LogP contribution in [0.15, 0.2) is 84.9 Å². The van der Waals surface area contributed by atoms with E-state index in [2.05, 4.69) is 46.6 Å². The van der Waals surface area contributed by atoms with Crippen LogP contribution in [0.25, 0.3) is 0 Å². The van der Waals surface area contributed by atoms with Gasteiger partial charge in [0.2, 0.25) is 0 Å². The molecule has 226 valence electrons. The minimum atomic E-state index is -5.08. The van der Waals surface area contributed by atoms with Crippen molar-refractivity contribution in [1.82, 2.24) is 10.2 Å². The first-order chi connectivity index (χ1) is 20.1. The van der Waals surface area contributed by atoms with Gasteiger partial charge in [0, 0.05) is 31.2 Å². The Morgan fingerprint density at radius 2 is 1.36 bits per heavy atom. The van der Waals surface area contributed by atoms with E-state index in [9.17, 15) is 23.1 Å². The number of nitrogens with one attached hydrogen (secondary N) is 1. The highest BCUT2D eigenvalue weighted by Crippen LogP contribution is 2.23. The van der Waals surface area contributed by atoms with Crippen LogP contribution in [0.4, 0.5) is 13.2 Å². The van der Waals surface area contributed by atoms with Crippen LogP contribution < -0.4 is 5.32 Å². The molecule has 4 rings (SSSR count). The van der Waals surface area contributed by atoms with E-state index in [0.29, 0.717) is 18.2 Å². The first-order valence-corrected chi connectivity index (χ1v) is 14.3. The first-order valence-electron chi connectivity index (χ1n) is 14.3. The van der Waals surface area contributed by atoms with Gasteiger partial charge in [0.05, 0.1) is 6.10 Å². The second-order valence-electron chi connectivity index (χ2n) is 10.5. The predicted molar refractivity (Wildman–Crippen MR) is 156 cm³/mol. The van der Waals surface area contributed by atoms with Crippen LogP contribution in [-0.4, -0.2) is 64.9 Å². The predicted octanol–water partition coefficient (Wildman–Crippen LogP) is 5.88. The van der Waals surface area contributed by atoms with Gasteiger partial charge in [-0.25, -0.2) is 4.79 Å². The summed E-state index contributed by atoms with van der Waals surface area (Å²) >= 11 is 0. The van der Waals surface area contributed by atoms with E-state index in [1.165, 1.54) is 48.8 Å². The van der Waals surface area contributed by atoms with E-state index in [1.807, 2.05) is 48.5 Å². The van der Waals surface area contributed by atoms with Gasteiger partial charge in [0.1, 0.15) is 0 Å². The number of hydrogen-bond acceptors (Lipinski definition) is 4. The lowest BCUT2D eigenvalue weighted by atomic mass is 9.93. The Kier molecular flexibility index (Phi) is 13.0. The summed E-state index contributed by atoms with van der Waals surface area (Å²) in [5.41, 5.74) is 4.38. The molecule has 1 fully saturated rings. The number of aliphatic carboxylic acids is 1. The largest absolute Gasteiger partial charge is 0.490 e. The molecule has 0 heterocycles. The molecule has 9 heteroatoms. The van der Waals surface area contributed by atoms with E-state index in [0.717, 1.165) is 19.4 Å². The van der Waals surface area contributed by atoms with E-state index < -0.39 is 18.2 Å². The third-order valence-electron chi connectivity index (χ3n) is 7.27. The lowest BCUT2D eigenvalue weighted by Crippen LogP contribution is -2.46. The first kappa shape index (κ1) is 32.8. The average molecular weight is 585 g/mol. The number of halogens is 3. The summed E-state index contributed by atoms with van der Waals surface area (Å²) in [5, 5.41) is 20.9. The number of aliphatic hydroxyl groups is 1. The number of carbonyl (C=O) groups excluding carboxylic acids is 1. The Morgan fingerprint density at radius 3 is 1.90 bits per heavy atom. The highest BCUT2D eigenvalue weighted by Gasteiger charge is 2.38. The van der Waals surface area contributed by atoms with Crippen LogP contribution >= 0.6 is 0 Å². The Morgan fingerprint density at radius 1 is 0.833 bits per heavy atom. The van der Waals surface area contributed by atoms with Crippen LogP contribution in [0.2, 0.25) is 0 Å². The van der Waals surface area contributed by atoms with Crippen molar-refractivity contribution in [2.24, 2.45) is 0 Å². The molecule has 0 saturated heterocycles. The number of rotatable bonds is 11. The maximum absolute atomic E-state index is 12.7. The third kappa shape index (κ3) is 11.7. The van der Waals surface area contributed by atoms with Gasteiger partial charge in [-0.1, -0.05) is 92.1 Å². The fraction of sp³-hybridized carbons (Fsp3) is 0.394. The van der Waals surface area contributed by atoms with Gasteiger partial charge in [-0.3, -0.25) is 9.69 Å². The minimum absolute atomic E-state index is 0.135. The van der Waals surface area contributed by atoms with Gasteiger partial charge in [-0.2, -0.15) is 13.2 Å². The highest BCUT2D eigenvalue weighted by molar-refractivity contribution is 5.94. The number of carboxylic acid groups (broad SMARTS) is 1. The second-order valence-corrected chi connectivity index (χ2v) is 10.5. The molecule has 1 aliphatic carbocycles. The number of amides is 1. The molecule has 1 aliphatic rings. The Labute approximate surface area is 245 Å². The van der Waals surface area contributed by atoms with Crippen LogP contribution in [0, 0.1) is 0 Å². The maximum Gasteiger partial charge on any atom is 0.490 e. The normalized spacial score (nSPS) is 14.5. The van der Waals surface area contributed by atoms with Crippen LogP contribution in [0.3, 0.4) is 0 Å². The number of nitrogens with zero attached hydrogens (tertiary/aromatic N) is 1. The zero-order valence-electron chi connectivity index (χ0n) is 23.6. The number of benzene rings is 3. The molecule has 1 unspecified atom stereocenters. The summed E-state index contributed by atoms with van der Waals surface area (Å²) in [6.45, 7) is 1.79. The Balaban J connectivity index is 0.000000616. The molecule has 0 aliphatic heterocycles. The van der Waals surface area contributed by atoms with Gasteiger partial charge in [0.15, 0.2) is 0 Å². The average Bonchev–Trinajstić information content (AvgIpc) is 3.00. The van der Waals surface area contributed by atoms with Gasteiger partial charge < -0.3 is 15.5 Å². The number of alkyl halides is 3. The lowest BCUT2D eigenvalue weighted by Gasteiger charge is -2.35. The van der Waals surface area contributed by atoms with Gasteiger partial charge in [-0.05, 0) is 54.5 Å². The van der Waals surface area contributed by atoms with E-state index in [1.54, 1.807) is 0 Å². The van der Waals surface area contributed by atoms with E-state index in [-0.39, 0.29) is 12.5 Å². The maximum atomic E-state index is 12.7. The van der Waals surface area contributed by atoms with Gasteiger partial charge in [0.25, 0.3) is 5.91 Å². The van der Waals surface area contributed by atoms with Crippen LogP contribution in [0.5, 0.6) is 0 Å². The standard InChI is InChI=1S/C31H38N2O2.C2HF3O2/c34-30(24-33(29-14-8-3-9-15-29)21-20-25-10-4-1-5-11-25)23-32-31(35)28-18-16-27(17-19-28)22-26-12-6-2-7-13-26;3-2(4,5)1(6)7/h1-2,4-7,10-13,16-19,29-30,34H,3,8-9,14-15,20-24H2,(H,32,35);(H,6,7). The number of aliphatic hydroxyl groups excluding tert-OH is 1. The molecule has 0 aromatic heterocycles. The van der Waals surface area contributed by atoms with E-state index >= 15 is 0 Å². The molecule has 42 heavy (non-hydrogen) atoms. The molecule has 3 aromatic carbocycles. The van der Waals surface area contributed by atoms with Crippen molar-refractivity contribution >= 4 is 11.9 Å². The van der Waals surface area contributed by atoms with Crippen molar-refractivity contribution in [2.75, 3.05) is 19.6 Å². The number of carboxylic acids is 1. The quantitative estimate of drug-likeness (QED) is 0.262. The van der Waals surface area contributed by atoms with Crippen molar-refractivity contribution in [3.8, 4) is 0 Å². The molecular formula is C33H39F3N2O4. The second kappa shape index (κ2) is 16.7. The Bertz CT molecular complexity index is 1220. The van der Waals surface area contributed by atoms with Crippen molar-refractivity contribution in [2.45, 2.75) is 63.3 Å². The summed E-state index contributed by atoms with van der Waals surface area (Å²) in [7, 11) is 0. The zero-order valence-corrected chi connectivity index (χ0v) is 23.6. The summed E-state index contributed by atoms with van der Waals surface area (Å²) in [4.78, 5) is 24.0. The topological polar surface area (TPSA) is 89.9 Å². The third-order valence-corrected chi connectivity index (χ3v) is 7.27. The Hall–Kier alpha value is -3.69.